The van der Waals surface area contributed by atoms with Gasteiger partial charge < -0.3 is 10.8 Å². The third-order valence-corrected chi connectivity index (χ3v) is 2.82. The van der Waals surface area contributed by atoms with Crippen LogP contribution < -0.4 is 5.73 Å². The molecule has 2 rings (SSSR count). The van der Waals surface area contributed by atoms with E-state index < -0.39 is 0 Å². The highest BCUT2D eigenvalue weighted by Gasteiger charge is 2.05. The van der Waals surface area contributed by atoms with Crippen LogP contribution in [0.5, 0.6) is 0 Å². The SMILES string of the molecule is Nc1ccc(-c2ccccc2)c(CCCO)c1. The second-order valence-electron chi connectivity index (χ2n) is 4.11. The van der Waals surface area contributed by atoms with Crippen LogP contribution in [-0.2, 0) is 6.42 Å². The fourth-order valence-corrected chi connectivity index (χ4v) is 1.99. The van der Waals surface area contributed by atoms with Crippen LogP contribution in [-0.4, -0.2) is 11.7 Å². The molecule has 2 heteroatoms. The maximum atomic E-state index is 8.93. The lowest BCUT2D eigenvalue weighted by Crippen LogP contribution is -1.95. The molecule has 0 bridgehead atoms. The zero-order valence-corrected chi connectivity index (χ0v) is 9.76. The molecule has 0 aliphatic heterocycles. The van der Waals surface area contributed by atoms with Crippen molar-refractivity contribution in [1.82, 2.24) is 0 Å². The van der Waals surface area contributed by atoms with Crippen LogP contribution in [0.25, 0.3) is 11.1 Å². The lowest BCUT2D eigenvalue weighted by atomic mass is 9.96. The summed E-state index contributed by atoms with van der Waals surface area (Å²) in [6.07, 6.45) is 1.62. The molecule has 88 valence electrons. The quantitative estimate of drug-likeness (QED) is 0.789. The number of nitrogen functional groups attached to an aromatic ring is 1. The van der Waals surface area contributed by atoms with E-state index in [2.05, 4.69) is 18.2 Å². The maximum Gasteiger partial charge on any atom is 0.0434 e. The highest BCUT2D eigenvalue weighted by molar-refractivity contribution is 5.69. The normalized spacial score (nSPS) is 10.4. The van der Waals surface area contributed by atoms with E-state index in [0.717, 1.165) is 18.5 Å². The predicted molar refractivity (Wildman–Crippen MR) is 71.7 cm³/mol. The van der Waals surface area contributed by atoms with E-state index in [1.165, 1.54) is 16.7 Å². The molecule has 0 saturated heterocycles. The fourth-order valence-electron chi connectivity index (χ4n) is 1.99. The highest BCUT2D eigenvalue weighted by atomic mass is 16.2. The molecule has 0 aliphatic rings. The van der Waals surface area contributed by atoms with Crippen LogP contribution in [0.2, 0.25) is 0 Å². The van der Waals surface area contributed by atoms with Gasteiger partial charge in [-0.1, -0.05) is 36.4 Å². The summed E-state index contributed by atoms with van der Waals surface area (Å²) >= 11 is 0. The first-order chi connectivity index (χ1) is 8.31. The van der Waals surface area contributed by atoms with Crippen molar-refractivity contribution in [2.45, 2.75) is 12.8 Å². The number of benzene rings is 2. The monoisotopic (exact) mass is 227 g/mol. The number of hydrogen-bond donors (Lipinski definition) is 2. The third kappa shape index (κ3) is 2.86. The number of aliphatic hydroxyl groups excluding tert-OH is 1. The second kappa shape index (κ2) is 5.51. The summed E-state index contributed by atoms with van der Waals surface area (Å²) < 4.78 is 0. The molecular formula is C15H17NO. The first-order valence-electron chi connectivity index (χ1n) is 5.86. The Kier molecular flexibility index (Phi) is 3.78. The van der Waals surface area contributed by atoms with E-state index in [1.54, 1.807) is 0 Å². The molecule has 2 aromatic carbocycles. The van der Waals surface area contributed by atoms with Crippen molar-refractivity contribution < 1.29 is 5.11 Å². The van der Waals surface area contributed by atoms with Crippen molar-refractivity contribution in [2.75, 3.05) is 12.3 Å². The van der Waals surface area contributed by atoms with Crippen LogP contribution in [0.15, 0.2) is 48.5 Å². The van der Waals surface area contributed by atoms with Crippen molar-refractivity contribution in [3.05, 3.63) is 54.1 Å². The van der Waals surface area contributed by atoms with Gasteiger partial charge in [0.1, 0.15) is 0 Å². The zero-order chi connectivity index (χ0) is 12.1. The highest BCUT2D eigenvalue weighted by Crippen LogP contribution is 2.26. The molecule has 17 heavy (non-hydrogen) atoms. The minimum absolute atomic E-state index is 0.211. The standard InChI is InChI=1S/C15H17NO/c16-14-8-9-15(12-5-2-1-3-6-12)13(11-14)7-4-10-17/h1-3,5-6,8-9,11,17H,4,7,10,16H2. The molecule has 2 nitrogen and oxygen atoms in total. The summed E-state index contributed by atoms with van der Waals surface area (Å²) in [4.78, 5) is 0. The summed E-state index contributed by atoms with van der Waals surface area (Å²) in [6, 6.07) is 16.2. The van der Waals surface area contributed by atoms with Gasteiger partial charge in [0.2, 0.25) is 0 Å². The Morgan fingerprint density at radius 3 is 2.47 bits per heavy atom. The van der Waals surface area contributed by atoms with Gasteiger partial charge in [-0.15, -0.1) is 0 Å². The Labute approximate surface area is 102 Å². The molecule has 0 aliphatic carbocycles. The number of aryl methyl sites for hydroxylation is 1. The minimum atomic E-state index is 0.211. The minimum Gasteiger partial charge on any atom is -0.399 e. The molecule has 0 radical (unpaired) electrons. The Bertz CT molecular complexity index is 480. The van der Waals surface area contributed by atoms with Gasteiger partial charge in [0.05, 0.1) is 0 Å². The molecule has 0 aromatic heterocycles. The molecular weight excluding hydrogens is 210 g/mol. The van der Waals surface area contributed by atoms with Crippen molar-refractivity contribution in [2.24, 2.45) is 0 Å². The third-order valence-electron chi connectivity index (χ3n) is 2.82. The summed E-state index contributed by atoms with van der Waals surface area (Å²) in [7, 11) is 0. The molecule has 2 aromatic rings. The van der Waals surface area contributed by atoms with Crippen LogP contribution in [0, 0.1) is 0 Å². The van der Waals surface area contributed by atoms with Crippen LogP contribution in [0.1, 0.15) is 12.0 Å². The Hall–Kier alpha value is -1.80. The average molecular weight is 227 g/mol. The zero-order valence-electron chi connectivity index (χ0n) is 9.76. The molecule has 3 N–H and O–H groups in total. The topological polar surface area (TPSA) is 46.2 Å². The van der Waals surface area contributed by atoms with Crippen LogP contribution in [0.3, 0.4) is 0 Å². The van der Waals surface area contributed by atoms with E-state index in [0.29, 0.717) is 0 Å². The van der Waals surface area contributed by atoms with Gasteiger partial charge in [-0.25, -0.2) is 0 Å². The molecule has 0 heterocycles. The molecule has 0 amide bonds. The molecule has 0 unspecified atom stereocenters. The maximum absolute atomic E-state index is 8.93. The average Bonchev–Trinajstić information content (AvgIpc) is 2.37. The van der Waals surface area contributed by atoms with E-state index in [4.69, 9.17) is 10.8 Å². The number of nitrogens with two attached hydrogens (primary N) is 1. The second-order valence-corrected chi connectivity index (χ2v) is 4.11. The van der Waals surface area contributed by atoms with Gasteiger partial charge in [0.25, 0.3) is 0 Å². The Morgan fingerprint density at radius 2 is 1.76 bits per heavy atom. The summed E-state index contributed by atoms with van der Waals surface area (Å²) in [5, 5.41) is 8.93. The first kappa shape index (κ1) is 11.7. The van der Waals surface area contributed by atoms with Gasteiger partial charge in [0.15, 0.2) is 0 Å². The molecule has 0 atom stereocenters. The van der Waals surface area contributed by atoms with E-state index >= 15 is 0 Å². The van der Waals surface area contributed by atoms with Gasteiger partial charge >= 0.3 is 0 Å². The molecule has 0 spiro atoms. The van der Waals surface area contributed by atoms with E-state index in [1.807, 2.05) is 30.3 Å². The van der Waals surface area contributed by atoms with Crippen molar-refractivity contribution in [3.8, 4) is 11.1 Å². The number of hydrogen-bond acceptors (Lipinski definition) is 2. The predicted octanol–water partition coefficient (Wildman–Crippen LogP) is 2.86. The summed E-state index contributed by atoms with van der Waals surface area (Å²) in [5.74, 6) is 0. The lowest BCUT2D eigenvalue weighted by Gasteiger charge is -2.10. The summed E-state index contributed by atoms with van der Waals surface area (Å²) in [5.41, 5.74) is 10.2. The van der Waals surface area contributed by atoms with Gasteiger partial charge in [-0.3, -0.25) is 0 Å². The lowest BCUT2D eigenvalue weighted by molar-refractivity contribution is 0.288. The molecule has 0 fully saturated rings. The molecule has 0 saturated carbocycles. The first-order valence-corrected chi connectivity index (χ1v) is 5.86. The van der Waals surface area contributed by atoms with Crippen molar-refractivity contribution in [3.63, 3.8) is 0 Å². The van der Waals surface area contributed by atoms with E-state index in [9.17, 15) is 0 Å². The van der Waals surface area contributed by atoms with Crippen molar-refractivity contribution >= 4 is 5.69 Å². The smallest absolute Gasteiger partial charge is 0.0434 e. The number of rotatable bonds is 4. The Morgan fingerprint density at radius 1 is 1.00 bits per heavy atom. The van der Waals surface area contributed by atoms with Crippen LogP contribution in [0.4, 0.5) is 5.69 Å². The van der Waals surface area contributed by atoms with E-state index in [-0.39, 0.29) is 6.61 Å². The van der Waals surface area contributed by atoms with Crippen molar-refractivity contribution in [1.29, 1.82) is 0 Å². The fraction of sp³-hybridized carbons (Fsp3) is 0.200. The Balaban J connectivity index is 2.39. The number of aliphatic hydroxyl groups is 1. The summed E-state index contributed by atoms with van der Waals surface area (Å²) in [6.45, 7) is 0.211. The van der Waals surface area contributed by atoms with Crippen LogP contribution >= 0.6 is 0 Å². The largest absolute Gasteiger partial charge is 0.399 e. The van der Waals surface area contributed by atoms with Gasteiger partial charge in [0, 0.05) is 12.3 Å². The van der Waals surface area contributed by atoms with Gasteiger partial charge in [-0.05, 0) is 41.7 Å². The van der Waals surface area contributed by atoms with Gasteiger partial charge in [-0.2, -0.15) is 0 Å². The number of anilines is 1.